The molecule has 2 N–H and O–H groups in total. The van der Waals surface area contributed by atoms with E-state index >= 15 is 0 Å². The van der Waals surface area contributed by atoms with Gasteiger partial charge >= 0.3 is 5.97 Å². The molecule has 1 heterocycles. The second-order valence-electron chi connectivity index (χ2n) is 7.45. The van der Waals surface area contributed by atoms with Gasteiger partial charge in [0.2, 0.25) is 0 Å². The maximum absolute atomic E-state index is 13.1. The maximum atomic E-state index is 13.1. The van der Waals surface area contributed by atoms with E-state index in [-0.39, 0.29) is 40.9 Å². The maximum Gasteiger partial charge on any atom is 0.342 e. The minimum Gasteiger partial charge on any atom is -0.507 e. The Morgan fingerprint density at radius 1 is 1.10 bits per heavy atom. The Labute approximate surface area is 186 Å². The van der Waals surface area contributed by atoms with Crippen LogP contribution in [0.5, 0.6) is 11.5 Å². The van der Waals surface area contributed by atoms with Crippen LogP contribution in [-0.4, -0.2) is 35.2 Å². The summed E-state index contributed by atoms with van der Waals surface area (Å²) in [7, 11) is 1.55. The van der Waals surface area contributed by atoms with Crippen LogP contribution in [0.1, 0.15) is 53.3 Å². The predicted molar refractivity (Wildman–Crippen MR) is 116 cm³/mol. The van der Waals surface area contributed by atoms with Gasteiger partial charge in [0.1, 0.15) is 28.9 Å². The van der Waals surface area contributed by atoms with Gasteiger partial charge in [-0.05, 0) is 18.4 Å². The first-order chi connectivity index (χ1) is 14.9. The Morgan fingerprint density at radius 2 is 1.84 bits per heavy atom. The fourth-order valence-corrected chi connectivity index (χ4v) is 3.85. The van der Waals surface area contributed by atoms with Crippen molar-refractivity contribution in [3.63, 3.8) is 0 Å². The molecule has 2 aromatic rings. The van der Waals surface area contributed by atoms with E-state index < -0.39 is 23.6 Å². The van der Waals surface area contributed by atoms with E-state index in [1.807, 2.05) is 42.5 Å². The number of ether oxygens (including phenoxy) is 2. The highest BCUT2D eigenvalue weighted by molar-refractivity contribution is 6.33. The van der Waals surface area contributed by atoms with Gasteiger partial charge in [0.25, 0.3) is 0 Å². The smallest absolute Gasteiger partial charge is 0.342 e. The minimum absolute atomic E-state index is 0.0448. The molecule has 1 unspecified atom stereocenters. The Hall–Kier alpha value is -2.83. The topological polar surface area (TPSA) is 93.1 Å². The second-order valence-corrected chi connectivity index (χ2v) is 7.83. The van der Waals surface area contributed by atoms with Crippen molar-refractivity contribution < 1.29 is 29.3 Å². The molecule has 0 aromatic heterocycles. The number of phenolic OH excluding ortho intramolecular Hbond substituents is 2. The second kappa shape index (κ2) is 10.5. The van der Waals surface area contributed by atoms with Gasteiger partial charge in [-0.3, -0.25) is 4.79 Å². The highest BCUT2D eigenvalue weighted by Gasteiger charge is 2.28. The average molecular weight is 445 g/mol. The Bertz CT molecular complexity index is 970. The fourth-order valence-electron chi connectivity index (χ4n) is 3.63. The number of Topliss-reactive ketones (excluding diaryl/α,β-unsaturated/α-hetero) is 1. The third-order valence-electron chi connectivity index (χ3n) is 5.28. The fraction of sp³-hybridized carbons (Fsp3) is 0.333. The summed E-state index contributed by atoms with van der Waals surface area (Å²) in [5, 5.41) is 20.3. The summed E-state index contributed by atoms with van der Waals surface area (Å²) >= 11 is 6.23. The van der Waals surface area contributed by atoms with Crippen molar-refractivity contribution in [2.45, 2.75) is 44.3 Å². The van der Waals surface area contributed by atoms with Crippen LogP contribution in [-0.2, 0) is 20.7 Å². The molecule has 0 bridgehead atoms. The number of allylic oxidation sites excluding steroid dienone is 1. The molecule has 0 aliphatic carbocycles. The molecule has 2 aromatic carbocycles. The Morgan fingerprint density at radius 3 is 2.55 bits per heavy atom. The minimum atomic E-state index is -0.815. The summed E-state index contributed by atoms with van der Waals surface area (Å²) in [4.78, 5) is 25.8. The van der Waals surface area contributed by atoms with Crippen LogP contribution in [0.3, 0.4) is 0 Å². The number of hydrogen-bond acceptors (Lipinski definition) is 6. The number of benzene rings is 2. The lowest BCUT2D eigenvalue weighted by Crippen LogP contribution is -2.20. The first-order valence-corrected chi connectivity index (χ1v) is 10.5. The number of fused-ring (bicyclic) bond motifs is 1. The number of hydrogen-bond donors (Lipinski definition) is 2. The molecular weight excluding hydrogens is 420 g/mol. The zero-order valence-electron chi connectivity index (χ0n) is 17.2. The van der Waals surface area contributed by atoms with Crippen molar-refractivity contribution in [3.8, 4) is 11.5 Å². The lowest BCUT2D eigenvalue weighted by atomic mass is 9.96. The molecule has 31 heavy (non-hydrogen) atoms. The lowest BCUT2D eigenvalue weighted by molar-refractivity contribution is -0.120. The van der Waals surface area contributed by atoms with E-state index in [0.29, 0.717) is 19.3 Å². The van der Waals surface area contributed by atoms with Crippen molar-refractivity contribution in [2.75, 3.05) is 7.11 Å². The summed E-state index contributed by atoms with van der Waals surface area (Å²) in [6, 6.07) is 10.2. The number of esters is 1. The molecule has 1 aliphatic rings. The number of rotatable bonds is 2. The zero-order chi connectivity index (χ0) is 22.4. The van der Waals surface area contributed by atoms with Gasteiger partial charge in [0.05, 0.1) is 11.1 Å². The summed E-state index contributed by atoms with van der Waals surface area (Å²) < 4.78 is 11.2. The molecule has 1 aliphatic heterocycles. The monoisotopic (exact) mass is 444 g/mol. The van der Waals surface area contributed by atoms with E-state index in [0.717, 1.165) is 11.6 Å². The molecule has 0 spiro atoms. The Kier molecular flexibility index (Phi) is 7.71. The lowest BCUT2D eigenvalue weighted by Gasteiger charge is -2.20. The standard InChI is InChI=1S/C24H25ClO6/c1-30-17-10-6-3-7-11-21(15-8-4-2-5-9-15)31-24(29)22-18(13-16(26)12-17)23(25)20(28)14-19(22)27/h2-5,7-9,14,17,21,27-28H,6,10-13H2,1H3/b7-3+/t17?,21-/m1/s1. The van der Waals surface area contributed by atoms with E-state index in [1.165, 1.54) is 0 Å². The van der Waals surface area contributed by atoms with Gasteiger partial charge in [-0.15, -0.1) is 0 Å². The molecule has 3 rings (SSSR count). The zero-order valence-corrected chi connectivity index (χ0v) is 18.0. The van der Waals surface area contributed by atoms with E-state index in [9.17, 15) is 19.8 Å². The third-order valence-corrected chi connectivity index (χ3v) is 5.70. The molecule has 6 nitrogen and oxygen atoms in total. The third kappa shape index (κ3) is 5.66. The average Bonchev–Trinajstić information content (AvgIpc) is 2.75. The molecule has 0 fully saturated rings. The normalized spacial score (nSPS) is 21.6. The first kappa shape index (κ1) is 22.8. The van der Waals surface area contributed by atoms with Crippen LogP contribution in [0.25, 0.3) is 0 Å². The van der Waals surface area contributed by atoms with Gasteiger partial charge in [-0.1, -0.05) is 54.1 Å². The van der Waals surface area contributed by atoms with Gasteiger partial charge in [0.15, 0.2) is 0 Å². The Balaban J connectivity index is 2.05. The molecule has 0 amide bonds. The van der Waals surface area contributed by atoms with Gasteiger partial charge in [-0.2, -0.15) is 0 Å². The van der Waals surface area contributed by atoms with Crippen LogP contribution < -0.4 is 0 Å². The number of methoxy groups -OCH3 is 1. The molecule has 0 radical (unpaired) electrons. The van der Waals surface area contributed by atoms with Crippen molar-refractivity contribution in [1.29, 1.82) is 0 Å². The van der Waals surface area contributed by atoms with E-state index in [1.54, 1.807) is 7.11 Å². The molecule has 7 heteroatoms. The van der Waals surface area contributed by atoms with E-state index in [2.05, 4.69) is 0 Å². The van der Waals surface area contributed by atoms with Gasteiger partial charge in [0, 0.05) is 38.0 Å². The number of carbonyl (C=O) groups excluding carboxylic acids is 2. The van der Waals surface area contributed by atoms with Crippen molar-refractivity contribution in [3.05, 3.63) is 70.3 Å². The van der Waals surface area contributed by atoms with Crippen LogP contribution in [0.2, 0.25) is 5.02 Å². The first-order valence-electron chi connectivity index (χ1n) is 10.1. The quantitative estimate of drug-likeness (QED) is 0.505. The van der Waals surface area contributed by atoms with Crippen molar-refractivity contribution in [1.82, 2.24) is 0 Å². The van der Waals surface area contributed by atoms with Gasteiger partial charge < -0.3 is 19.7 Å². The van der Waals surface area contributed by atoms with Crippen LogP contribution in [0.4, 0.5) is 0 Å². The van der Waals surface area contributed by atoms with Crippen LogP contribution >= 0.6 is 11.6 Å². The molecule has 164 valence electrons. The van der Waals surface area contributed by atoms with Crippen LogP contribution in [0.15, 0.2) is 48.6 Å². The molecular formula is C24H25ClO6. The highest BCUT2D eigenvalue weighted by Crippen LogP contribution is 2.38. The number of carbonyl (C=O) groups is 2. The summed E-state index contributed by atoms with van der Waals surface area (Å²) in [5.41, 5.74) is 0.625. The number of aromatic hydroxyl groups is 2. The summed E-state index contributed by atoms with van der Waals surface area (Å²) in [6.07, 6.45) is 4.71. The van der Waals surface area contributed by atoms with Crippen molar-refractivity contribution >= 4 is 23.4 Å². The number of phenols is 2. The SMILES string of the molecule is COC1CC/C=C/C[C@H](c2ccccc2)OC(=O)c2c(O)cc(O)c(Cl)c2CC(=O)C1. The molecule has 2 atom stereocenters. The van der Waals surface area contributed by atoms with Gasteiger partial charge in [-0.25, -0.2) is 4.79 Å². The highest BCUT2D eigenvalue weighted by atomic mass is 35.5. The van der Waals surface area contributed by atoms with Crippen molar-refractivity contribution in [2.24, 2.45) is 0 Å². The summed E-state index contributed by atoms with van der Waals surface area (Å²) in [5.74, 6) is -1.95. The number of halogens is 1. The number of ketones is 1. The number of cyclic esters (lactones) is 1. The molecule has 0 saturated heterocycles. The molecule has 0 saturated carbocycles. The van der Waals surface area contributed by atoms with Crippen LogP contribution in [0, 0.1) is 0 Å². The van der Waals surface area contributed by atoms with E-state index in [4.69, 9.17) is 21.1 Å². The largest absolute Gasteiger partial charge is 0.507 e. The predicted octanol–water partition coefficient (Wildman–Crippen LogP) is 4.91. The summed E-state index contributed by atoms with van der Waals surface area (Å²) in [6.45, 7) is 0.